The quantitative estimate of drug-likeness (QED) is 0.898. The molecule has 1 aromatic rings. The topological polar surface area (TPSA) is 66.4 Å². The number of hydrogen-bond donors (Lipinski definition) is 2. The molecule has 0 aromatic heterocycles. The molecule has 0 bridgehead atoms. The zero-order valence-corrected chi connectivity index (χ0v) is 13.0. The van der Waals surface area contributed by atoms with Crippen molar-refractivity contribution >= 4 is 10.0 Å². The molecular formula is C16H23NO3S. The van der Waals surface area contributed by atoms with Gasteiger partial charge in [-0.2, -0.15) is 0 Å². The lowest BCUT2D eigenvalue weighted by Crippen LogP contribution is -2.46. The number of benzene rings is 1. The average Bonchev–Trinajstić information content (AvgIpc) is 2.46. The van der Waals surface area contributed by atoms with Gasteiger partial charge in [0.1, 0.15) is 0 Å². The summed E-state index contributed by atoms with van der Waals surface area (Å²) < 4.78 is 27.1. The van der Waals surface area contributed by atoms with Crippen LogP contribution in [0.15, 0.2) is 29.2 Å². The lowest BCUT2D eigenvalue weighted by atomic mass is 9.84. The maximum atomic E-state index is 12.2. The summed E-state index contributed by atoms with van der Waals surface area (Å²) in [6.45, 7) is 0. The molecule has 5 heteroatoms. The lowest BCUT2D eigenvalue weighted by Gasteiger charge is -2.31. The first-order valence-corrected chi connectivity index (χ1v) is 9.33. The molecule has 21 heavy (non-hydrogen) atoms. The predicted molar refractivity (Wildman–Crippen MR) is 81.6 cm³/mol. The van der Waals surface area contributed by atoms with E-state index < -0.39 is 10.0 Å². The van der Waals surface area contributed by atoms with Gasteiger partial charge in [0.25, 0.3) is 0 Å². The third-order valence-corrected chi connectivity index (χ3v) is 6.24. The Labute approximate surface area is 126 Å². The Hall–Kier alpha value is -0.910. The van der Waals surface area contributed by atoms with E-state index in [1.54, 1.807) is 12.1 Å². The van der Waals surface area contributed by atoms with Crippen LogP contribution in [0.4, 0.5) is 0 Å². The molecule has 3 rings (SSSR count). The molecular weight excluding hydrogens is 286 g/mol. The zero-order valence-electron chi connectivity index (χ0n) is 12.2. The molecule has 0 heterocycles. The number of hydrogen-bond acceptors (Lipinski definition) is 3. The third kappa shape index (κ3) is 3.47. The monoisotopic (exact) mass is 309 g/mol. The Bertz CT molecular complexity index is 570. The first-order valence-electron chi connectivity index (χ1n) is 7.85. The third-order valence-electron chi connectivity index (χ3n) is 4.70. The van der Waals surface area contributed by atoms with Gasteiger partial charge in [0.2, 0.25) is 10.0 Å². The molecule has 1 aromatic carbocycles. The molecule has 116 valence electrons. The molecule has 0 radical (unpaired) electrons. The van der Waals surface area contributed by atoms with E-state index >= 15 is 0 Å². The molecule has 0 atom stereocenters. The Morgan fingerprint density at radius 1 is 1.00 bits per heavy atom. The number of aliphatic hydroxyl groups is 1. The van der Waals surface area contributed by atoms with Gasteiger partial charge < -0.3 is 5.11 Å². The van der Waals surface area contributed by atoms with E-state index in [1.807, 2.05) is 12.1 Å². The summed E-state index contributed by atoms with van der Waals surface area (Å²) in [5.74, 6) is 0.588. The van der Waals surface area contributed by atoms with Crippen molar-refractivity contribution in [2.75, 3.05) is 0 Å². The van der Waals surface area contributed by atoms with Crippen molar-refractivity contribution in [3.63, 3.8) is 0 Å². The molecule has 2 saturated carbocycles. The van der Waals surface area contributed by atoms with Crippen LogP contribution >= 0.6 is 0 Å². The SMILES string of the molecule is O=S(=O)(NC1CC(O)C1)c1ccc(C2CCCCC2)cc1. The first-order chi connectivity index (χ1) is 10.0. The molecule has 2 aliphatic rings. The Morgan fingerprint density at radius 2 is 1.62 bits per heavy atom. The van der Waals surface area contributed by atoms with Crippen molar-refractivity contribution < 1.29 is 13.5 Å². The fourth-order valence-corrected chi connectivity index (χ4v) is 4.59. The maximum Gasteiger partial charge on any atom is 0.240 e. The molecule has 2 aliphatic carbocycles. The van der Waals surface area contributed by atoms with Crippen LogP contribution in [0, 0.1) is 0 Å². The van der Waals surface area contributed by atoms with Gasteiger partial charge in [-0.1, -0.05) is 31.4 Å². The minimum Gasteiger partial charge on any atom is -0.393 e. The second kappa shape index (κ2) is 6.07. The Morgan fingerprint density at radius 3 is 2.19 bits per heavy atom. The Kier molecular flexibility index (Phi) is 4.33. The van der Waals surface area contributed by atoms with Crippen LogP contribution in [0.1, 0.15) is 56.4 Å². The second-order valence-corrected chi connectivity index (χ2v) is 8.06. The van der Waals surface area contributed by atoms with Crippen molar-refractivity contribution in [2.24, 2.45) is 0 Å². The van der Waals surface area contributed by atoms with Crippen molar-refractivity contribution in [3.05, 3.63) is 29.8 Å². The van der Waals surface area contributed by atoms with Crippen molar-refractivity contribution in [2.45, 2.75) is 67.9 Å². The zero-order chi connectivity index (χ0) is 14.9. The summed E-state index contributed by atoms with van der Waals surface area (Å²) in [6.07, 6.45) is 6.96. The largest absolute Gasteiger partial charge is 0.393 e. The van der Waals surface area contributed by atoms with E-state index in [0.29, 0.717) is 23.7 Å². The number of aliphatic hydroxyl groups excluding tert-OH is 1. The van der Waals surface area contributed by atoms with E-state index in [1.165, 1.54) is 37.7 Å². The van der Waals surface area contributed by atoms with Crippen LogP contribution in [-0.4, -0.2) is 25.7 Å². The van der Waals surface area contributed by atoms with Crippen LogP contribution < -0.4 is 4.72 Å². The summed E-state index contributed by atoms with van der Waals surface area (Å²) in [7, 11) is -3.45. The number of rotatable bonds is 4. The highest BCUT2D eigenvalue weighted by molar-refractivity contribution is 7.89. The summed E-state index contributed by atoms with van der Waals surface area (Å²) in [5.41, 5.74) is 1.26. The van der Waals surface area contributed by atoms with Gasteiger partial charge in [-0.15, -0.1) is 0 Å². The molecule has 0 amide bonds. The number of sulfonamides is 1. The highest BCUT2D eigenvalue weighted by atomic mass is 32.2. The Balaban J connectivity index is 1.68. The minimum absolute atomic E-state index is 0.122. The van der Waals surface area contributed by atoms with Crippen LogP contribution in [0.5, 0.6) is 0 Å². The van der Waals surface area contributed by atoms with E-state index in [9.17, 15) is 13.5 Å². The minimum atomic E-state index is -3.45. The molecule has 2 fully saturated rings. The second-order valence-electron chi connectivity index (χ2n) is 6.35. The highest BCUT2D eigenvalue weighted by Crippen LogP contribution is 2.33. The molecule has 0 aliphatic heterocycles. The van der Waals surface area contributed by atoms with Gasteiger partial charge in [-0.05, 0) is 49.3 Å². The molecule has 0 saturated heterocycles. The van der Waals surface area contributed by atoms with Gasteiger partial charge >= 0.3 is 0 Å². The van der Waals surface area contributed by atoms with Gasteiger partial charge in [0, 0.05) is 6.04 Å². The smallest absolute Gasteiger partial charge is 0.240 e. The van der Waals surface area contributed by atoms with Gasteiger partial charge in [-0.25, -0.2) is 13.1 Å². The summed E-state index contributed by atoms with van der Waals surface area (Å²) >= 11 is 0. The van der Waals surface area contributed by atoms with Gasteiger partial charge in [0.05, 0.1) is 11.0 Å². The average molecular weight is 309 g/mol. The standard InChI is InChI=1S/C16H23NO3S/c18-15-10-14(11-15)17-21(19,20)16-8-6-13(7-9-16)12-4-2-1-3-5-12/h6-9,12,14-15,17-18H,1-5,10-11H2. The molecule has 0 spiro atoms. The van der Waals surface area contributed by atoms with Gasteiger partial charge in [0.15, 0.2) is 0 Å². The maximum absolute atomic E-state index is 12.2. The van der Waals surface area contributed by atoms with Crippen LogP contribution in [0.3, 0.4) is 0 Å². The van der Waals surface area contributed by atoms with Crippen LogP contribution in [-0.2, 0) is 10.0 Å². The first kappa shape index (κ1) is 15.0. The van der Waals surface area contributed by atoms with E-state index in [0.717, 1.165) is 0 Å². The summed E-state index contributed by atoms with van der Waals surface area (Å²) in [4.78, 5) is 0.323. The summed E-state index contributed by atoms with van der Waals surface area (Å²) in [5, 5.41) is 9.23. The molecule has 0 unspecified atom stereocenters. The fourth-order valence-electron chi connectivity index (χ4n) is 3.33. The van der Waals surface area contributed by atoms with E-state index in [4.69, 9.17) is 0 Å². The molecule has 2 N–H and O–H groups in total. The van der Waals surface area contributed by atoms with Crippen molar-refractivity contribution in [3.8, 4) is 0 Å². The normalized spacial score (nSPS) is 27.3. The highest BCUT2D eigenvalue weighted by Gasteiger charge is 2.31. The van der Waals surface area contributed by atoms with E-state index in [2.05, 4.69) is 4.72 Å². The van der Waals surface area contributed by atoms with E-state index in [-0.39, 0.29) is 12.1 Å². The van der Waals surface area contributed by atoms with Crippen molar-refractivity contribution in [1.29, 1.82) is 0 Å². The fraction of sp³-hybridized carbons (Fsp3) is 0.625. The number of nitrogens with one attached hydrogen (secondary N) is 1. The van der Waals surface area contributed by atoms with Crippen molar-refractivity contribution in [1.82, 2.24) is 4.72 Å². The predicted octanol–water partition coefficient (Wildman–Crippen LogP) is 2.54. The lowest BCUT2D eigenvalue weighted by molar-refractivity contribution is 0.0712. The van der Waals surface area contributed by atoms with Crippen LogP contribution in [0.2, 0.25) is 0 Å². The van der Waals surface area contributed by atoms with Gasteiger partial charge in [-0.3, -0.25) is 0 Å². The van der Waals surface area contributed by atoms with Crippen LogP contribution in [0.25, 0.3) is 0 Å². The summed E-state index contributed by atoms with van der Waals surface area (Å²) in [6, 6.07) is 7.21. The molecule has 4 nitrogen and oxygen atoms in total.